The van der Waals surface area contributed by atoms with Gasteiger partial charge in [-0.05, 0) is 39.4 Å². The molecule has 2 heterocycles. The van der Waals surface area contributed by atoms with Gasteiger partial charge in [0.25, 0.3) is 0 Å². The quantitative estimate of drug-likeness (QED) is 0.842. The van der Waals surface area contributed by atoms with Gasteiger partial charge in [0.1, 0.15) is 5.60 Å². The van der Waals surface area contributed by atoms with E-state index in [1.165, 1.54) is 12.2 Å². The van der Waals surface area contributed by atoms with Gasteiger partial charge in [0.05, 0.1) is 6.54 Å². The highest BCUT2D eigenvalue weighted by atomic mass is 32.2. The second-order valence-electron chi connectivity index (χ2n) is 7.14. The third-order valence-electron chi connectivity index (χ3n) is 3.99. The first kappa shape index (κ1) is 18.4. The van der Waals surface area contributed by atoms with Crippen LogP contribution < -0.4 is 5.32 Å². The third-order valence-corrected chi connectivity index (χ3v) is 5.20. The Morgan fingerprint density at radius 2 is 1.83 bits per heavy atom. The lowest BCUT2D eigenvalue weighted by Crippen LogP contribution is -2.53. The van der Waals surface area contributed by atoms with E-state index in [2.05, 4.69) is 5.32 Å². The molecule has 2 fully saturated rings. The van der Waals surface area contributed by atoms with Crippen molar-refractivity contribution in [3.63, 3.8) is 0 Å². The van der Waals surface area contributed by atoms with E-state index in [4.69, 9.17) is 4.74 Å². The smallest absolute Gasteiger partial charge is 0.410 e. The first-order valence-electron chi connectivity index (χ1n) is 8.42. The Morgan fingerprint density at radius 1 is 1.17 bits per heavy atom. The number of rotatable bonds is 3. The molecule has 1 unspecified atom stereocenters. The summed E-state index contributed by atoms with van der Waals surface area (Å²) in [4.78, 5) is 27.8. The second kappa shape index (κ2) is 8.24. The molecule has 2 amide bonds. The van der Waals surface area contributed by atoms with Crippen LogP contribution >= 0.6 is 11.8 Å². The van der Waals surface area contributed by atoms with Gasteiger partial charge in [0.15, 0.2) is 0 Å². The fourth-order valence-electron chi connectivity index (χ4n) is 2.71. The van der Waals surface area contributed by atoms with Crippen LogP contribution in [0.3, 0.4) is 0 Å². The molecule has 1 atom stereocenters. The molecule has 6 nitrogen and oxygen atoms in total. The number of piperazine rings is 1. The first-order valence-corrected chi connectivity index (χ1v) is 9.57. The SMILES string of the molecule is CC(C)(C)OC(=O)N1CCN(C(=O)CNC2CCCSC2)CC1. The van der Waals surface area contributed by atoms with E-state index >= 15 is 0 Å². The zero-order valence-corrected chi connectivity index (χ0v) is 15.3. The molecule has 2 aliphatic rings. The Bertz CT molecular complexity index is 411. The lowest BCUT2D eigenvalue weighted by atomic mass is 10.2. The summed E-state index contributed by atoms with van der Waals surface area (Å²) < 4.78 is 5.37. The lowest BCUT2D eigenvalue weighted by molar-refractivity contribution is -0.132. The fraction of sp³-hybridized carbons (Fsp3) is 0.875. The minimum atomic E-state index is -0.480. The van der Waals surface area contributed by atoms with Crippen molar-refractivity contribution in [3.8, 4) is 0 Å². The van der Waals surface area contributed by atoms with E-state index in [1.54, 1.807) is 4.90 Å². The van der Waals surface area contributed by atoms with Crippen molar-refractivity contribution in [3.05, 3.63) is 0 Å². The van der Waals surface area contributed by atoms with Crippen molar-refractivity contribution in [1.29, 1.82) is 0 Å². The van der Waals surface area contributed by atoms with E-state index in [0.29, 0.717) is 38.8 Å². The first-order chi connectivity index (χ1) is 10.8. The summed E-state index contributed by atoms with van der Waals surface area (Å²) in [7, 11) is 0. The highest BCUT2D eigenvalue weighted by Crippen LogP contribution is 2.17. The van der Waals surface area contributed by atoms with Gasteiger partial charge in [-0.1, -0.05) is 0 Å². The van der Waals surface area contributed by atoms with Crippen LogP contribution in [0.4, 0.5) is 4.79 Å². The summed E-state index contributed by atoms with van der Waals surface area (Å²) in [6.45, 7) is 8.23. The van der Waals surface area contributed by atoms with Crippen molar-refractivity contribution in [2.45, 2.75) is 45.3 Å². The fourth-order valence-corrected chi connectivity index (χ4v) is 3.82. The Morgan fingerprint density at radius 3 is 2.39 bits per heavy atom. The van der Waals surface area contributed by atoms with E-state index < -0.39 is 5.60 Å². The number of hydrogen-bond donors (Lipinski definition) is 1. The third kappa shape index (κ3) is 6.22. The van der Waals surface area contributed by atoms with Crippen molar-refractivity contribution in [1.82, 2.24) is 15.1 Å². The van der Waals surface area contributed by atoms with Crippen LogP contribution in [0, 0.1) is 0 Å². The topological polar surface area (TPSA) is 61.9 Å². The molecule has 23 heavy (non-hydrogen) atoms. The zero-order chi connectivity index (χ0) is 16.9. The number of ether oxygens (including phenoxy) is 1. The van der Waals surface area contributed by atoms with Crippen LogP contribution in [0.1, 0.15) is 33.6 Å². The predicted octanol–water partition coefficient (Wildman–Crippen LogP) is 1.55. The van der Waals surface area contributed by atoms with E-state index in [1.807, 2.05) is 37.4 Å². The second-order valence-corrected chi connectivity index (χ2v) is 8.29. The Hall–Kier alpha value is -0.950. The molecule has 2 aliphatic heterocycles. The average molecular weight is 343 g/mol. The van der Waals surface area contributed by atoms with Crippen LogP contribution in [-0.4, -0.2) is 77.7 Å². The highest BCUT2D eigenvalue weighted by molar-refractivity contribution is 7.99. The van der Waals surface area contributed by atoms with Gasteiger partial charge in [0, 0.05) is 38.0 Å². The summed E-state index contributed by atoms with van der Waals surface area (Å²) in [5.74, 6) is 2.46. The minimum absolute atomic E-state index is 0.129. The number of nitrogens with one attached hydrogen (secondary N) is 1. The molecule has 0 aromatic heterocycles. The van der Waals surface area contributed by atoms with E-state index in [0.717, 1.165) is 12.2 Å². The molecule has 7 heteroatoms. The molecule has 132 valence electrons. The Balaban J connectivity index is 1.69. The molecule has 0 aliphatic carbocycles. The number of carbonyl (C=O) groups excluding carboxylic acids is 2. The number of carbonyl (C=O) groups is 2. The summed E-state index contributed by atoms with van der Waals surface area (Å²) in [5, 5.41) is 3.37. The number of nitrogens with zero attached hydrogens (tertiary/aromatic N) is 2. The summed E-state index contributed by atoms with van der Waals surface area (Å²) >= 11 is 1.95. The molecular formula is C16H29N3O3S. The van der Waals surface area contributed by atoms with Crippen LogP contribution in [0.25, 0.3) is 0 Å². The maximum atomic E-state index is 12.3. The molecule has 0 saturated carbocycles. The molecule has 2 rings (SSSR count). The van der Waals surface area contributed by atoms with Gasteiger partial charge in [-0.3, -0.25) is 4.79 Å². The van der Waals surface area contributed by atoms with Crippen LogP contribution in [0.15, 0.2) is 0 Å². The summed E-state index contributed by atoms with van der Waals surface area (Å²) in [6, 6.07) is 0.459. The van der Waals surface area contributed by atoms with Gasteiger partial charge in [-0.25, -0.2) is 4.79 Å². The number of hydrogen-bond acceptors (Lipinski definition) is 5. The average Bonchev–Trinajstić information content (AvgIpc) is 2.52. The van der Waals surface area contributed by atoms with Gasteiger partial charge in [-0.2, -0.15) is 11.8 Å². The van der Waals surface area contributed by atoms with Crippen molar-refractivity contribution < 1.29 is 14.3 Å². The standard InChI is InChI=1S/C16H29N3O3S/c1-16(2,3)22-15(21)19-8-6-18(7-9-19)14(20)11-17-13-5-4-10-23-12-13/h13,17H,4-12H2,1-3H3. The molecule has 2 saturated heterocycles. The van der Waals surface area contributed by atoms with Crippen molar-refractivity contribution in [2.24, 2.45) is 0 Å². The van der Waals surface area contributed by atoms with Crippen molar-refractivity contribution >= 4 is 23.8 Å². The van der Waals surface area contributed by atoms with E-state index in [9.17, 15) is 9.59 Å². The monoisotopic (exact) mass is 343 g/mol. The molecule has 0 radical (unpaired) electrons. The number of amides is 2. The van der Waals surface area contributed by atoms with Gasteiger partial charge >= 0.3 is 6.09 Å². The van der Waals surface area contributed by atoms with E-state index in [-0.39, 0.29) is 12.0 Å². The van der Waals surface area contributed by atoms with Crippen molar-refractivity contribution in [2.75, 3.05) is 44.2 Å². The zero-order valence-electron chi connectivity index (χ0n) is 14.5. The maximum Gasteiger partial charge on any atom is 0.410 e. The normalized spacial score (nSPS) is 22.8. The molecular weight excluding hydrogens is 314 g/mol. The summed E-state index contributed by atoms with van der Waals surface area (Å²) in [6.07, 6.45) is 2.10. The summed E-state index contributed by atoms with van der Waals surface area (Å²) in [5.41, 5.74) is -0.480. The van der Waals surface area contributed by atoms with Gasteiger partial charge < -0.3 is 19.9 Å². The maximum absolute atomic E-state index is 12.3. The molecule has 0 bridgehead atoms. The minimum Gasteiger partial charge on any atom is -0.444 e. The Labute approximate surface area is 143 Å². The van der Waals surface area contributed by atoms with Crippen LogP contribution in [-0.2, 0) is 9.53 Å². The Kier molecular flexibility index (Phi) is 6.59. The molecule has 1 N–H and O–H groups in total. The highest BCUT2D eigenvalue weighted by Gasteiger charge is 2.27. The largest absolute Gasteiger partial charge is 0.444 e. The lowest BCUT2D eigenvalue weighted by Gasteiger charge is -2.36. The van der Waals surface area contributed by atoms with Gasteiger partial charge in [0.2, 0.25) is 5.91 Å². The van der Waals surface area contributed by atoms with Crippen LogP contribution in [0.5, 0.6) is 0 Å². The van der Waals surface area contributed by atoms with Crippen LogP contribution in [0.2, 0.25) is 0 Å². The predicted molar refractivity (Wildman–Crippen MR) is 92.7 cm³/mol. The van der Waals surface area contributed by atoms with Gasteiger partial charge in [-0.15, -0.1) is 0 Å². The number of thioether (sulfide) groups is 1. The molecule has 0 spiro atoms. The molecule has 0 aromatic carbocycles. The molecule has 0 aromatic rings.